The number of benzene rings is 2. The molecule has 1 aliphatic heterocycles. The van der Waals surface area contributed by atoms with Crippen LogP contribution in [0.2, 0.25) is 0 Å². The summed E-state index contributed by atoms with van der Waals surface area (Å²) in [5.74, 6) is 0.876. The minimum absolute atomic E-state index is 0.0992. The molecule has 150 valence electrons. The zero-order valence-corrected chi connectivity index (χ0v) is 16.2. The van der Waals surface area contributed by atoms with Crippen molar-refractivity contribution in [3.05, 3.63) is 59.9 Å². The number of urea groups is 1. The van der Waals surface area contributed by atoms with Crippen LogP contribution in [-0.2, 0) is 11.3 Å². The van der Waals surface area contributed by atoms with Crippen LogP contribution >= 0.6 is 0 Å². The van der Waals surface area contributed by atoms with Gasteiger partial charge in [0.2, 0.25) is 0 Å². The van der Waals surface area contributed by atoms with E-state index in [0.29, 0.717) is 50.3 Å². The largest absolute Gasteiger partial charge is 0.492 e. The van der Waals surface area contributed by atoms with Crippen LogP contribution in [0.3, 0.4) is 0 Å². The number of nitrogens with one attached hydrogen (secondary N) is 1. The first-order valence-electron chi connectivity index (χ1n) is 9.75. The summed E-state index contributed by atoms with van der Waals surface area (Å²) in [6.45, 7) is 5.01. The molecule has 1 fully saturated rings. The highest BCUT2D eigenvalue weighted by Gasteiger charge is 2.23. The van der Waals surface area contributed by atoms with Crippen molar-refractivity contribution in [2.75, 3.05) is 31.6 Å². The van der Waals surface area contributed by atoms with E-state index in [1.807, 2.05) is 36.1 Å². The number of carbonyl (C=O) groups is 1. The number of hydrogen-bond acceptors (Lipinski definition) is 3. The van der Waals surface area contributed by atoms with Gasteiger partial charge in [0, 0.05) is 19.7 Å². The molecule has 0 aromatic heterocycles. The minimum Gasteiger partial charge on any atom is -0.492 e. The van der Waals surface area contributed by atoms with Gasteiger partial charge in [-0.05, 0) is 55.5 Å². The van der Waals surface area contributed by atoms with Gasteiger partial charge in [-0.3, -0.25) is 0 Å². The molecule has 6 heteroatoms. The second kappa shape index (κ2) is 10.1. The van der Waals surface area contributed by atoms with E-state index in [2.05, 4.69) is 5.32 Å². The lowest BCUT2D eigenvalue weighted by Crippen LogP contribution is -2.41. The number of ether oxygens (including phenoxy) is 2. The molecule has 0 saturated carbocycles. The third-order valence-corrected chi connectivity index (χ3v) is 4.87. The Bertz CT molecular complexity index is 759. The Morgan fingerprint density at radius 2 is 1.86 bits per heavy atom. The van der Waals surface area contributed by atoms with Crippen molar-refractivity contribution in [2.24, 2.45) is 5.92 Å². The van der Waals surface area contributed by atoms with Gasteiger partial charge < -0.3 is 19.7 Å². The van der Waals surface area contributed by atoms with Crippen molar-refractivity contribution < 1.29 is 18.7 Å². The average molecular weight is 386 g/mol. The summed E-state index contributed by atoms with van der Waals surface area (Å²) in [5.41, 5.74) is 1.66. The Hall–Kier alpha value is -2.60. The van der Waals surface area contributed by atoms with Crippen LogP contribution in [-0.4, -0.2) is 37.2 Å². The fraction of sp³-hybridized carbons (Fsp3) is 0.409. The Morgan fingerprint density at radius 3 is 2.57 bits per heavy atom. The van der Waals surface area contributed by atoms with Gasteiger partial charge in [-0.1, -0.05) is 24.3 Å². The molecular weight excluding hydrogens is 359 g/mol. The van der Waals surface area contributed by atoms with Crippen molar-refractivity contribution in [1.82, 2.24) is 4.90 Å². The van der Waals surface area contributed by atoms with Crippen LogP contribution in [0.1, 0.15) is 25.3 Å². The van der Waals surface area contributed by atoms with Crippen LogP contribution in [0, 0.1) is 11.7 Å². The molecule has 0 bridgehead atoms. The number of hydrogen-bond donors (Lipinski definition) is 1. The SMILES string of the molecule is CCOc1ccccc1NC(=O)N1CCC(COCc2ccc(F)cc2)CC1. The van der Waals surface area contributed by atoms with Gasteiger partial charge >= 0.3 is 6.03 Å². The summed E-state index contributed by atoms with van der Waals surface area (Å²) in [7, 11) is 0. The predicted molar refractivity (Wildman–Crippen MR) is 107 cm³/mol. The van der Waals surface area contributed by atoms with E-state index in [1.54, 1.807) is 12.1 Å². The molecule has 1 N–H and O–H groups in total. The Labute approximate surface area is 165 Å². The highest BCUT2D eigenvalue weighted by molar-refractivity contribution is 5.91. The highest BCUT2D eigenvalue weighted by atomic mass is 19.1. The standard InChI is InChI=1S/C22H27FN2O3/c1-2-28-21-6-4-3-5-20(21)24-22(26)25-13-11-18(12-14-25)16-27-15-17-7-9-19(23)10-8-17/h3-10,18H,2,11-16H2,1H3,(H,24,26). The number of para-hydroxylation sites is 2. The third kappa shape index (κ3) is 5.70. The molecule has 0 atom stereocenters. The number of halogens is 1. The van der Waals surface area contributed by atoms with E-state index >= 15 is 0 Å². The quantitative estimate of drug-likeness (QED) is 0.751. The summed E-state index contributed by atoms with van der Waals surface area (Å²) in [4.78, 5) is 14.4. The number of piperidine rings is 1. The molecule has 1 heterocycles. The second-order valence-electron chi connectivity index (χ2n) is 6.93. The maximum Gasteiger partial charge on any atom is 0.321 e. The highest BCUT2D eigenvalue weighted by Crippen LogP contribution is 2.25. The molecule has 1 aliphatic rings. The molecule has 0 unspecified atom stereocenters. The number of anilines is 1. The third-order valence-electron chi connectivity index (χ3n) is 4.87. The van der Waals surface area contributed by atoms with E-state index < -0.39 is 0 Å². The van der Waals surface area contributed by atoms with Crippen molar-refractivity contribution in [2.45, 2.75) is 26.4 Å². The maximum atomic E-state index is 12.9. The molecule has 5 nitrogen and oxygen atoms in total. The van der Waals surface area contributed by atoms with Crippen molar-refractivity contribution in [1.29, 1.82) is 0 Å². The van der Waals surface area contributed by atoms with Gasteiger partial charge in [0.05, 0.1) is 18.9 Å². The monoisotopic (exact) mass is 386 g/mol. The molecule has 0 aliphatic carbocycles. The minimum atomic E-state index is -0.238. The number of likely N-dealkylation sites (tertiary alicyclic amines) is 1. The van der Waals surface area contributed by atoms with Crippen molar-refractivity contribution in [3.8, 4) is 5.75 Å². The van der Waals surface area contributed by atoms with E-state index in [9.17, 15) is 9.18 Å². The van der Waals surface area contributed by atoms with Gasteiger partial charge in [0.1, 0.15) is 11.6 Å². The van der Waals surface area contributed by atoms with Gasteiger partial charge in [0.15, 0.2) is 0 Å². The number of amides is 2. The normalized spacial score (nSPS) is 14.7. The van der Waals surface area contributed by atoms with Gasteiger partial charge in [0.25, 0.3) is 0 Å². The summed E-state index contributed by atoms with van der Waals surface area (Å²) < 4.78 is 24.2. The Balaban J connectivity index is 1.41. The lowest BCUT2D eigenvalue weighted by molar-refractivity contribution is 0.0640. The molecule has 2 amide bonds. The van der Waals surface area contributed by atoms with E-state index in [4.69, 9.17) is 9.47 Å². The van der Waals surface area contributed by atoms with Crippen molar-refractivity contribution in [3.63, 3.8) is 0 Å². The molecule has 0 spiro atoms. The van der Waals surface area contributed by atoms with Crippen LogP contribution < -0.4 is 10.1 Å². The number of carbonyl (C=O) groups excluding carboxylic acids is 1. The molecule has 2 aromatic rings. The molecule has 2 aromatic carbocycles. The zero-order chi connectivity index (χ0) is 19.8. The van der Waals surface area contributed by atoms with Gasteiger partial charge in [-0.25, -0.2) is 9.18 Å². The van der Waals surface area contributed by atoms with Crippen LogP contribution in [0.5, 0.6) is 5.75 Å². The molecule has 1 saturated heterocycles. The first-order chi connectivity index (χ1) is 13.7. The fourth-order valence-corrected chi connectivity index (χ4v) is 3.27. The van der Waals surface area contributed by atoms with Gasteiger partial charge in [-0.2, -0.15) is 0 Å². The zero-order valence-electron chi connectivity index (χ0n) is 16.2. The summed E-state index contributed by atoms with van der Waals surface area (Å²) >= 11 is 0. The Kier molecular flexibility index (Phi) is 7.25. The van der Waals surface area contributed by atoms with Crippen LogP contribution in [0.25, 0.3) is 0 Å². The number of rotatable bonds is 7. The summed E-state index contributed by atoms with van der Waals surface area (Å²) in [6.07, 6.45) is 1.81. The fourth-order valence-electron chi connectivity index (χ4n) is 3.27. The van der Waals surface area contributed by atoms with Gasteiger partial charge in [-0.15, -0.1) is 0 Å². The summed E-state index contributed by atoms with van der Waals surface area (Å²) in [6, 6.07) is 13.7. The van der Waals surface area contributed by atoms with Crippen molar-refractivity contribution >= 4 is 11.7 Å². The predicted octanol–water partition coefficient (Wildman–Crippen LogP) is 4.69. The van der Waals surface area contributed by atoms with Crippen LogP contribution in [0.4, 0.5) is 14.9 Å². The summed E-state index contributed by atoms with van der Waals surface area (Å²) in [5, 5.41) is 2.95. The smallest absolute Gasteiger partial charge is 0.321 e. The maximum absolute atomic E-state index is 12.9. The molecule has 0 radical (unpaired) electrons. The molecular formula is C22H27FN2O3. The van der Waals surface area contributed by atoms with E-state index in [1.165, 1.54) is 12.1 Å². The lowest BCUT2D eigenvalue weighted by atomic mass is 9.98. The molecule has 28 heavy (non-hydrogen) atoms. The van der Waals surface area contributed by atoms with Crippen LogP contribution in [0.15, 0.2) is 48.5 Å². The topological polar surface area (TPSA) is 50.8 Å². The first kappa shape index (κ1) is 20.1. The van der Waals surface area contributed by atoms with E-state index in [-0.39, 0.29) is 11.8 Å². The number of nitrogens with zero attached hydrogens (tertiary/aromatic N) is 1. The average Bonchev–Trinajstić information content (AvgIpc) is 2.71. The Morgan fingerprint density at radius 1 is 1.14 bits per heavy atom. The first-order valence-corrected chi connectivity index (χ1v) is 9.75. The second-order valence-corrected chi connectivity index (χ2v) is 6.93. The van der Waals surface area contributed by atoms with E-state index in [0.717, 1.165) is 18.4 Å². The molecule has 3 rings (SSSR count). The lowest BCUT2D eigenvalue weighted by Gasteiger charge is -2.32.